The maximum atomic E-state index is 6.21. The van der Waals surface area contributed by atoms with Crippen LogP contribution in [0.4, 0.5) is 0 Å². The molecule has 1 saturated carbocycles. The van der Waals surface area contributed by atoms with Crippen LogP contribution in [-0.4, -0.2) is 33.1 Å². The lowest BCUT2D eigenvalue weighted by molar-refractivity contribution is 0.00578. The minimum Gasteiger partial charge on any atom is -0.399 e. The summed E-state index contributed by atoms with van der Waals surface area (Å²) in [5.74, 6) is 0.764. The maximum absolute atomic E-state index is 6.21. The van der Waals surface area contributed by atoms with Crippen LogP contribution in [0.3, 0.4) is 0 Å². The van der Waals surface area contributed by atoms with E-state index in [1.54, 1.807) is 0 Å². The van der Waals surface area contributed by atoms with E-state index in [-0.39, 0.29) is 11.2 Å². The number of pyridine rings is 1. The SMILES string of the molecule is Cc1nn(CC2CCCC2)c(C)c1-c1cncc(B2OC(C)(C)C(C)(C)O2)c1. The van der Waals surface area contributed by atoms with Crippen LogP contribution in [0, 0.1) is 19.8 Å². The lowest BCUT2D eigenvalue weighted by Gasteiger charge is -2.32. The normalized spacial score (nSPS) is 21.6. The first-order valence-electron chi connectivity index (χ1n) is 10.5. The molecular weight excluding hydrogens is 349 g/mol. The first kappa shape index (κ1) is 19.7. The molecule has 0 atom stereocenters. The first-order valence-corrected chi connectivity index (χ1v) is 10.5. The summed E-state index contributed by atoms with van der Waals surface area (Å²) in [4.78, 5) is 4.50. The third-order valence-electron chi connectivity index (χ3n) is 6.86. The van der Waals surface area contributed by atoms with Crippen molar-refractivity contribution in [3.05, 3.63) is 29.8 Å². The predicted octanol–water partition coefficient (Wildman–Crippen LogP) is 4.05. The molecule has 5 nitrogen and oxygen atoms in total. The molecule has 0 bridgehead atoms. The Bertz CT molecular complexity index is 853. The molecule has 1 saturated heterocycles. The van der Waals surface area contributed by atoms with Crippen molar-refractivity contribution in [2.24, 2.45) is 5.92 Å². The van der Waals surface area contributed by atoms with Gasteiger partial charge in [0.25, 0.3) is 0 Å². The summed E-state index contributed by atoms with van der Waals surface area (Å²) in [6, 6.07) is 2.14. The van der Waals surface area contributed by atoms with Gasteiger partial charge in [0.15, 0.2) is 0 Å². The van der Waals surface area contributed by atoms with Crippen molar-refractivity contribution in [2.75, 3.05) is 0 Å². The monoisotopic (exact) mass is 381 g/mol. The predicted molar refractivity (Wildman–Crippen MR) is 113 cm³/mol. The Morgan fingerprint density at radius 2 is 1.71 bits per heavy atom. The molecular formula is C22H32BN3O2. The van der Waals surface area contributed by atoms with E-state index < -0.39 is 7.12 Å². The highest BCUT2D eigenvalue weighted by atomic mass is 16.7. The summed E-state index contributed by atoms with van der Waals surface area (Å²) in [6.45, 7) is 13.6. The molecule has 0 amide bonds. The molecule has 28 heavy (non-hydrogen) atoms. The van der Waals surface area contributed by atoms with E-state index in [0.717, 1.165) is 29.2 Å². The van der Waals surface area contributed by atoms with E-state index in [2.05, 4.69) is 57.3 Å². The van der Waals surface area contributed by atoms with Crippen molar-refractivity contribution in [1.82, 2.24) is 14.8 Å². The van der Waals surface area contributed by atoms with E-state index >= 15 is 0 Å². The van der Waals surface area contributed by atoms with Gasteiger partial charge in [-0.15, -0.1) is 0 Å². The van der Waals surface area contributed by atoms with Crippen LogP contribution in [0.25, 0.3) is 11.1 Å². The molecule has 4 rings (SSSR count). The van der Waals surface area contributed by atoms with Crippen molar-refractivity contribution in [3.63, 3.8) is 0 Å². The fourth-order valence-corrected chi connectivity index (χ4v) is 4.43. The number of hydrogen-bond acceptors (Lipinski definition) is 4. The van der Waals surface area contributed by atoms with Crippen LogP contribution in [0.1, 0.15) is 64.8 Å². The summed E-state index contributed by atoms with van der Waals surface area (Å²) < 4.78 is 14.6. The third-order valence-corrected chi connectivity index (χ3v) is 6.86. The summed E-state index contributed by atoms with van der Waals surface area (Å²) >= 11 is 0. The van der Waals surface area contributed by atoms with Gasteiger partial charge in [-0.25, -0.2) is 0 Å². The molecule has 2 fully saturated rings. The van der Waals surface area contributed by atoms with Crippen molar-refractivity contribution in [3.8, 4) is 11.1 Å². The zero-order valence-corrected chi connectivity index (χ0v) is 18.1. The van der Waals surface area contributed by atoms with Crippen molar-refractivity contribution >= 4 is 12.6 Å². The van der Waals surface area contributed by atoms with Gasteiger partial charge in [0.2, 0.25) is 0 Å². The van der Waals surface area contributed by atoms with E-state index in [9.17, 15) is 0 Å². The van der Waals surface area contributed by atoms with Crippen LogP contribution in [0.5, 0.6) is 0 Å². The summed E-state index contributed by atoms with van der Waals surface area (Å²) in [5.41, 5.74) is 4.79. The van der Waals surface area contributed by atoms with Gasteiger partial charge in [-0.2, -0.15) is 5.10 Å². The van der Waals surface area contributed by atoms with E-state index in [4.69, 9.17) is 14.4 Å². The van der Waals surface area contributed by atoms with Gasteiger partial charge in [-0.1, -0.05) is 18.9 Å². The van der Waals surface area contributed by atoms with Gasteiger partial charge >= 0.3 is 7.12 Å². The van der Waals surface area contributed by atoms with Crippen molar-refractivity contribution in [2.45, 2.75) is 85.0 Å². The number of hydrogen-bond donors (Lipinski definition) is 0. The van der Waals surface area contributed by atoms with Crippen LogP contribution in [-0.2, 0) is 15.9 Å². The second-order valence-electron chi connectivity index (χ2n) is 9.47. The third kappa shape index (κ3) is 3.41. The molecule has 0 radical (unpaired) electrons. The van der Waals surface area contributed by atoms with Gasteiger partial charge in [0.1, 0.15) is 0 Å². The molecule has 0 unspecified atom stereocenters. The Labute approximate surface area is 169 Å². The fraction of sp³-hybridized carbons (Fsp3) is 0.636. The molecule has 3 heterocycles. The Balaban J connectivity index is 1.62. The molecule has 2 aromatic heterocycles. The summed E-state index contributed by atoms with van der Waals surface area (Å²) in [7, 11) is -0.397. The van der Waals surface area contributed by atoms with Crippen molar-refractivity contribution in [1.29, 1.82) is 0 Å². The van der Waals surface area contributed by atoms with Gasteiger partial charge in [-0.05, 0) is 60.3 Å². The number of rotatable bonds is 4. The zero-order chi connectivity index (χ0) is 20.1. The molecule has 1 aliphatic heterocycles. The van der Waals surface area contributed by atoms with Gasteiger partial charge < -0.3 is 9.31 Å². The Hall–Kier alpha value is -1.66. The molecule has 0 spiro atoms. The minimum absolute atomic E-state index is 0.355. The lowest BCUT2D eigenvalue weighted by Crippen LogP contribution is -2.41. The highest BCUT2D eigenvalue weighted by molar-refractivity contribution is 6.62. The lowest BCUT2D eigenvalue weighted by atomic mass is 9.79. The average molecular weight is 381 g/mol. The topological polar surface area (TPSA) is 49.2 Å². The molecule has 150 valence electrons. The van der Waals surface area contributed by atoms with Gasteiger partial charge in [-0.3, -0.25) is 9.67 Å². The van der Waals surface area contributed by atoms with E-state index in [0.29, 0.717) is 0 Å². The van der Waals surface area contributed by atoms with Gasteiger partial charge in [0, 0.05) is 41.2 Å². The first-order chi connectivity index (χ1) is 13.2. The fourth-order valence-electron chi connectivity index (χ4n) is 4.43. The van der Waals surface area contributed by atoms with Crippen LogP contribution in [0.2, 0.25) is 0 Å². The number of aromatic nitrogens is 3. The molecule has 1 aliphatic carbocycles. The summed E-state index contributed by atoms with van der Waals surface area (Å²) in [5, 5.41) is 4.85. The molecule has 2 aromatic rings. The van der Waals surface area contributed by atoms with Gasteiger partial charge in [0.05, 0.1) is 16.9 Å². The Kier molecular flexibility index (Phi) is 4.91. The van der Waals surface area contributed by atoms with Crippen molar-refractivity contribution < 1.29 is 9.31 Å². The highest BCUT2D eigenvalue weighted by Gasteiger charge is 2.51. The molecule has 2 aliphatic rings. The average Bonchev–Trinajstić information content (AvgIpc) is 3.27. The van der Waals surface area contributed by atoms with E-state index in [1.165, 1.54) is 36.9 Å². The second kappa shape index (κ2) is 6.99. The maximum Gasteiger partial charge on any atom is 0.496 e. The quantitative estimate of drug-likeness (QED) is 0.750. The Morgan fingerprint density at radius 1 is 1.07 bits per heavy atom. The smallest absolute Gasteiger partial charge is 0.399 e. The van der Waals surface area contributed by atoms with Crippen LogP contribution < -0.4 is 5.46 Å². The molecule has 6 heteroatoms. The van der Waals surface area contributed by atoms with Crippen LogP contribution in [0.15, 0.2) is 18.5 Å². The molecule has 0 N–H and O–H groups in total. The summed E-state index contributed by atoms with van der Waals surface area (Å²) in [6.07, 6.45) is 9.14. The zero-order valence-electron chi connectivity index (χ0n) is 18.1. The van der Waals surface area contributed by atoms with Crippen LogP contribution >= 0.6 is 0 Å². The van der Waals surface area contributed by atoms with E-state index in [1.807, 2.05) is 12.4 Å². The second-order valence-corrected chi connectivity index (χ2v) is 9.47. The number of nitrogens with zero attached hydrogens (tertiary/aromatic N) is 3. The minimum atomic E-state index is -0.397. The largest absolute Gasteiger partial charge is 0.496 e. The molecule has 0 aromatic carbocycles. The standard InChI is InChI=1S/C22H32BN3O2/c1-15-20(16(2)26(25-15)14-17-9-7-8-10-17)18-11-19(13-24-12-18)23-27-21(3,4)22(5,6)28-23/h11-13,17H,7-10,14H2,1-6H3. The Morgan fingerprint density at radius 3 is 2.36 bits per heavy atom. The number of aryl methyl sites for hydroxylation is 1. The highest BCUT2D eigenvalue weighted by Crippen LogP contribution is 2.37.